The van der Waals surface area contributed by atoms with Crippen LogP contribution in [-0.2, 0) is 10.4 Å². The predicted octanol–water partition coefficient (Wildman–Crippen LogP) is 2.04. The number of hydrogen-bond acceptors (Lipinski definition) is 3. The molecule has 0 radical (unpaired) electrons. The number of rotatable bonds is 0. The van der Waals surface area contributed by atoms with Gasteiger partial charge in [0.05, 0.1) is 0 Å². The van der Waals surface area contributed by atoms with Crippen molar-refractivity contribution in [3.63, 3.8) is 0 Å². The van der Waals surface area contributed by atoms with Gasteiger partial charge in [-0.3, -0.25) is 9.11 Å². The zero-order valence-electron chi connectivity index (χ0n) is 11.0. The molecule has 4 rings (SSSR count). The summed E-state index contributed by atoms with van der Waals surface area (Å²) in [5.74, 6) is 0.955. The lowest BCUT2D eigenvalue weighted by molar-refractivity contribution is -0.104. The molecule has 2 unspecified atom stereocenters. The molecule has 6 heteroatoms. The van der Waals surface area contributed by atoms with E-state index in [2.05, 4.69) is 13.8 Å². The Balaban J connectivity index is 0.000000209. The summed E-state index contributed by atoms with van der Waals surface area (Å²) in [5.41, 5.74) is 7.92. The topological polar surface area (TPSA) is 101 Å². The Morgan fingerprint density at radius 2 is 1.39 bits per heavy atom. The van der Waals surface area contributed by atoms with Crippen molar-refractivity contribution in [1.29, 1.82) is 0 Å². The Hall–Kier alpha value is -0.170. The van der Waals surface area contributed by atoms with E-state index in [0.29, 0.717) is 10.8 Å². The van der Waals surface area contributed by atoms with Crippen molar-refractivity contribution in [2.45, 2.75) is 57.9 Å². The Bertz CT molecular complexity index is 388. The summed E-state index contributed by atoms with van der Waals surface area (Å²) in [6.45, 7) is 4.94. The highest BCUT2D eigenvalue weighted by Crippen LogP contribution is 2.65. The Labute approximate surface area is 109 Å². The lowest BCUT2D eigenvalue weighted by Gasteiger charge is -2.64. The fraction of sp³-hybridized carbons (Fsp3) is 1.00. The van der Waals surface area contributed by atoms with Crippen molar-refractivity contribution in [2.24, 2.45) is 22.5 Å². The summed E-state index contributed by atoms with van der Waals surface area (Å²) in [6, 6.07) is 0. The minimum atomic E-state index is -4.67. The third-order valence-corrected chi connectivity index (χ3v) is 4.67. The van der Waals surface area contributed by atoms with Gasteiger partial charge in [-0.25, -0.2) is 0 Å². The Morgan fingerprint density at radius 1 is 1.00 bits per heavy atom. The van der Waals surface area contributed by atoms with Crippen LogP contribution in [0.25, 0.3) is 0 Å². The van der Waals surface area contributed by atoms with E-state index in [1.807, 2.05) is 0 Å². The van der Waals surface area contributed by atoms with Crippen molar-refractivity contribution < 1.29 is 17.5 Å². The van der Waals surface area contributed by atoms with Gasteiger partial charge in [0.1, 0.15) is 0 Å². The molecule has 4 fully saturated rings. The summed E-state index contributed by atoms with van der Waals surface area (Å²) in [6.07, 6.45) is 8.27. The van der Waals surface area contributed by atoms with E-state index in [0.717, 1.165) is 5.92 Å². The van der Waals surface area contributed by atoms with Gasteiger partial charge in [-0.05, 0) is 55.3 Å². The molecule has 2 atom stereocenters. The lowest BCUT2D eigenvalue weighted by atomic mass is 9.43. The zero-order chi connectivity index (χ0) is 13.8. The second-order valence-electron chi connectivity index (χ2n) is 7.44. The normalized spacial score (nSPS) is 49.7. The van der Waals surface area contributed by atoms with Gasteiger partial charge in [0.2, 0.25) is 0 Å². The first-order valence-electron chi connectivity index (χ1n) is 6.39. The molecule has 5 nitrogen and oxygen atoms in total. The van der Waals surface area contributed by atoms with Crippen molar-refractivity contribution >= 4 is 10.4 Å². The minimum absolute atomic E-state index is 0.225. The highest BCUT2D eigenvalue weighted by Gasteiger charge is 2.58. The van der Waals surface area contributed by atoms with Crippen LogP contribution in [0.2, 0.25) is 0 Å². The minimum Gasteiger partial charge on any atom is -0.325 e. The van der Waals surface area contributed by atoms with E-state index in [1.54, 1.807) is 0 Å². The smallest absolute Gasteiger partial charge is 0.325 e. The first-order valence-corrected chi connectivity index (χ1v) is 7.79. The molecule has 0 aliphatic heterocycles. The van der Waals surface area contributed by atoms with Crippen LogP contribution in [0.4, 0.5) is 0 Å². The monoisotopic (exact) mass is 277 g/mol. The lowest BCUT2D eigenvalue weighted by Crippen LogP contribution is -2.62. The fourth-order valence-corrected chi connectivity index (χ4v) is 5.54. The molecule has 4 saturated carbocycles. The standard InChI is InChI=1S/C12H21N.H2O4S/c1-10-3-9-4-11(2,6-10)8-12(13,5-9)7-10;1-5(2,3)4/h9H,3-8,13H2,1-2H3;(H2,1,2,3,4). The van der Waals surface area contributed by atoms with Crippen LogP contribution in [-0.4, -0.2) is 23.1 Å². The van der Waals surface area contributed by atoms with Gasteiger partial charge in [0.25, 0.3) is 0 Å². The highest BCUT2D eigenvalue weighted by atomic mass is 32.3. The molecule has 4 aliphatic rings. The fourth-order valence-electron chi connectivity index (χ4n) is 5.54. The van der Waals surface area contributed by atoms with Gasteiger partial charge >= 0.3 is 10.4 Å². The molecule has 0 heterocycles. The van der Waals surface area contributed by atoms with E-state index < -0.39 is 10.4 Å². The SMILES string of the molecule is CC12CC3CC(C)(C1)CC(N)(C3)C2.O=S(=O)(O)O. The third kappa shape index (κ3) is 3.23. The zero-order valence-corrected chi connectivity index (χ0v) is 11.8. The van der Waals surface area contributed by atoms with E-state index in [9.17, 15) is 0 Å². The summed E-state index contributed by atoms with van der Waals surface area (Å²) in [4.78, 5) is 0. The maximum atomic E-state index is 8.74. The average Bonchev–Trinajstić information content (AvgIpc) is 1.87. The summed E-state index contributed by atoms with van der Waals surface area (Å²) in [7, 11) is -4.67. The molecule has 18 heavy (non-hydrogen) atoms. The van der Waals surface area contributed by atoms with Crippen LogP contribution in [0.5, 0.6) is 0 Å². The Kier molecular flexibility index (Phi) is 3.10. The molecule has 4 bridgehead atoms. The van der Waals surface area contributed by atoms with E-state index in [-0.39, 0.29) is 5.54 Å². The van der Waals surface area contributed by atoms with Gasteiger partial charge in [-0.1, -0.05) is 13.8 Å². The first-order chi connectivity index (χ1) is 7.91. The highest BCUT2D eigenvalue weighted by molar-refractivity contribution is 7.79. The average molecular weight is 277 g/mol. The quantitative estimate of drug-likeness (QED) is 0.588. The molecule has 4 aliphatic carbocycles. The van der Waals surface area contributed by atoms with Crippen molar-refractivity contribution in [2.75, 3.05) is 0 Å². The molecule has 106 valence electrons. The molecule has 0 spiro atoms. The third-order valence-electron chi connectivity index (χ3n) is 4.67. The number of nitrogens with two attached hydrogens (primary N) is 1. The van der Waals surface area contributed by atoms with Crippen molar-refractivity contribution in [1.82, 2.24) is 0 Å². The second-order valence-corrected chi connectivity index (χ2v) is 8.34. The first kappa shape index (κ1) is 14.2. The van der Waals surface area contributed by atoms with Gasteiger partial charge in [0, 0.05) is 5.54 Å². The van der Waals surface area contributed by atoms with E-state index in [1.165, 1.54) is 38.5 Å². The molecule has 0 aromatic heterocycles. The van der Waals surface area contributed by atoms with Gasteiger partial charge < -0.3 is 5.73 Å². The molecule has 0 aromatic carbocycles. The van der Waals surface area contributed by atoms with E-state index in [4.69, 9.17) is 23.3 Å². The second kappa shape index (κ2) is 3.91. The summed E-state index contributed by atoms with van der Waals surface area (Å²) < 4.78 is 31.6. The predicted molar refractivity (Wildman–Crippen MR) is 68.5 cm³/mol. The molecule has 0 aromatic rings. The number of hydrogen-bond donors (Lipinski definition) is 3. The van der Waals surface area contributed by atoms with Gasteiger partial charge in [0.15, 0.2) is 0 Å². The largest absolute Gasteiger partial charge is 0.394 e. The van der Waals surface area contributed by atoms with Crippen LogP contribution in [0, 0.1) is 16.7 Å². The molecular weight excluding hydrogens is 254 g/mol. The maximum absolute atomic E-state index is 8.74. The molecule has 0 amide bonds. The molecule has 4 N–H and O–H groups in total. The van der Waals surface area contributed by atoms with Crippen LogP contribution >= 0.6 is 0 Å². The molecule has 0 saturated heterocycles. The van der Waals surface area contributed by atoms with Gasteiger partial charge in [-0.15, -0.1) is 0 Å². The van der Waals surface area contributed by atoms with Crippen LogP contribution in [0.3, 0.4) is 0 Å². The van der Waals surface area contributed by atoms with E-state index >= 15 is 0 Å². The van der Waals surface area contributed by atoms with Crippen LogP contribution in [0.15, 0.2) is 0 Å². The van der Waals surface area contributed by atoms with Crippen molar-refractivity contribution in [3.05, 3.63) is 0 Å². The summed E-state index contributed by atoms with van der Waals surface area (Å²) >= 11 is 0. The molecular formula is C12H23NO4S. The maximum Gasteiger partial charge on any atom is 0.394 e. The van der Waals surface area contributed by atoms with Crippen LogP contribution < -0.4 is 5.73 Å². The van der Waals surface area contributed by atoms with Gasteiger partial charge in [-0.2, -0.15) is 8.42 Å². The Morgan fingerprint density at radius 3 is 1.67 bits per heavy atom. The van der Waals surface area contributed by atoms with Crippen LogP contribution in [0.1, 0.15) is 52.4 Å². The summed E-state index contributed by atoms with van der Waals surface area (Å²) in [5, 5.41) is 0. The van der Waals surface area contributed by atoms with Crippen molar-refractivity contribution in [3.8, 4) is 0 Å².